The van der Waals surface area contributed by atoms with Crippen molar-refractivity contribution in [3.05, 3.63) is 35.9 Å². The van der Waals surface area contributed by atoms with Gasteiger partial charge in [-0.25, -0.2) is 4.79 Å². The van der Waals surface area contributed by atoms with Crippen molar-refractivity contribution in [3.8, 4) is 0 Å². The van der Waals surface area contributed by atoms with Gasteiger partial charge in [0.25, 0.3) is 0 Å². The van der Waals surface area contributed by atoms with Gasteiger partial charge in [0, 0.05) is 13.0 Å². The number of aliphatic carboxylic acids is 3. The van der Waals surface area contributed by atoms with E-state index in [0.29, 0.717) is 12.0 Å². The standard InChI is InChI=1S/C88H150N26O31S/c1-42(2)65(110-77(134)51(24-15-18-29-90)101-76(133)54(27-32-146-10)105-81(138)59(40-117)100-61(121)36-96-72(129)55(33-48-21-12-11-13-22-48)106-70(127)45(7)98-71(128)49(92)38-115)83(140)109-60(41-118)82(139)104-53(26-20-31-95-88(93)94)75(132)108-57(35-64(125)126)79(136)102-50(23-14-17-28-89)74(131)107-56(34-63(123)124)73(130)97-37-62(122)99-58(39-116)80(137)103-52(25-16-19-30-91)78(135)111-66(43(3)4)84(141)113-69(47(9)120)86(143)114-68(46(8)119)85(142)112-67(44(5)6)87(144)145/h11-13,21-22,42-47,49-60,65-69,115-120H,14-20,23-41,89-92H2,1-10H3,(H,96,129)(H,97,130)(H,98,128)(H,99,122)(H,100,121)(H,101,133)(H,102,136)(H,103,137)(H,104,139)(H,105,138)(H,106,127)(H,107,131)(H,108,132)(H,109,140)(H,110,134)(H,111,135)(H,112,142)(H,113,141)(H,114,143)(H,123,124)(H,125,126)(H,144,145)(H4,93,94,95)/t45-,46+,47+,49-,50-,51-,52-,53-,54-,55-,56-,57-,58-,59-,60-,65-,66-,67-,68-,69-/m0/s1. The Kier molecular flexibility index (Phi) is 62.5. The molecule has 1 aromatic rings. The normalized spacial score (nSPS) is 15.3. The number of carbonyl (C=O) groups excluding carboxylic acids is 19. The minimum Gasteiger partial charge on any atom is -0.481 e. The summed E-state index contributed by atoms with van der Waals surface area (Å²) in [6.45, 7) is 6.13. The first kappa shape index (κ1) is 131. The van der Waals surface area contributed by atoms with Crippen LogP contribution in [-0.2, 0) is 112 Å². The Hall–Kier alpha value is -13.2. The van der Waals surface area contributed by atoms with Crippen LogP contribution in [0.1, 0.15) is 158 Å². The molecular weight excluding hydrogens is 1950 g/mol. The summed E-state index contributed by atoms with van der Waals surface area (Å²) in [7, 11) is 0. The SMILES string of the molecule is CSCC[C@H](NC(=O)[C@H](CO)NC(=O)CNC(=O)[C@H](Cc1ccccc1)NC(=O)[C@H](C)NC(=O)[C@@H](N)CO)C(=O)N[C@@H](CCCCN)C(=O)N[C@H](C(=O)N[C@@H](CO)C(=O)N[C@@H](CCCNC(=N)N)C(=O)N[C@@H](CC(=O)O)C(=O)N[C@@H](CCCCN)C(=O)N[C@@H](CC(=O)O)C(=O)NCC(=O)N[C@@H](CO)C(=O)N[C@@H](CCCCN)C(=O)N[C@H](C(=O)N[C@H](C(=O)N[C@H](C(=O)N[C@H](C(=O)O)C(C)C)[C@@H](C)O)[C@@H](C)O)C(C)C)C(C)C. The summed E-state index contributed by atoms with van der Waals surface area (Å²) in [5.41, 5.74) is 28.8. The number of hydrogen-bond acceptors (Lipinski definition) is 34. The van der Waals surface area contributed by atoms with E-state index in [4.69, 9.17) is 34.1 Å². The molecule has 0 aliphatic rings. The number of carboxylic acid groups (broad SMARTS) is 3. The number of carboxylic acids is 3. The minimum atomic E-state index is -2.18. The van der Waals surface area contributed by atoms with Crippen LogP contribution in [-0.4, -0.2) is 381 Å². The third-order valence-electron chi connectivity index (χ3n) is 22.0. The number of benzene rings is 1. The molecule has 19 amide bonds. The smallest absolute Gasteiger partial charge is 0.326 e. The molecule has 0 aliphatic carbocycles. The van der Waals surface area contributed by atoms with Gasteiger partial charge in [-0.05, 0) is 153 Å². The number of thioether (sulfide) groups is 1. The molecule has 0 aromatic heterocycles. The zero-order valence-corrected chi connectivity index (χ0v) is 84.2. The highest BCUT2D eigenvalue weighted by molar-refractivity contribution is 7.98. The maximum absolute atomic E-state index is 14.5. The average molecular weight is 2100 g/mol. The average Bonchev–Trinajstić information content (AvgIpc) is 0.840. The van der Waals surface area contributed by atoms with Crippen LogP contribution in [0.15, 0.2) is 30.3 Å². The van der Waals surface area contributed by atoms with Gasteiger partial charge in [0.2, 0.25) is 112 Å². The van der Waals surface area contributed by atoms with Crippen molar-refractivity contribution in [1.29, 1.82) is 5.41 Å². The number of guanidine groups is 1. The van der Waals surface area contributed by atoms with Gasteiger partial charge in [-0.3, -0.25) is 106 Å². The number of unbranched alkanes of at least 4 members (excludes halogenated alkanes) is 3. The summed E-state index contributed by atoms with van der Waals surface area (Å²) in [5.74, 6) is -29.3. The fraction of sp³-hybridized carbons (Fsp3) is 0.670. The third kappa shape index (κ3) is 49.6. The fourth-order valence-electron chi connectivity index (χ4n) is 13.6. The van der Waals surface area contributed by atoms with Crippen LogP contribution in [0.4, 0.5) is 0 Å². The summed E-state index contributed by atoms with van der Waals surface area (Å²) in [6, 6.07) is -22.2. The Morgan fingerprint density at radius 2 is 0.630 bits per heavy atom. The molecule has 0 radical (unpaired) electrons. The lowest BCUT2D eigenvalue weighted by atomic mass is 10.0. The van der Waals surface area contributed by atoms with Crippen molar-refractivity contribution in [3.63, 3.8) is 0 Å². The van der Waals surface area contributed by atoms with E-state index in [1.807, 2.05) is 0 Å². The summed E-state index contributed by atoms with van der Waals surface area (Å²) in [6.07, 6.45) is -4.75. The molecule has 20 atom stereocenters. The van der Waals surface area contributed by atoms with Gasteiger partial charge in [-0.15, -0.1) is 0 Å². The number of amides is 19. The molecule has 0 bridgehead atoms. The molecule has 0 saturated carbocycles. The van der Waals surface area contributed by atoms with Crippen LogP contribution in [0.5, 0.6) is 0 Å². The van der Waals surface area contributed by atoms with Crippen LogP contribution >= 0.6 is 11.8 Å². The van der Waals surface area contributed by atoms with Crippen molar-refractivity contribution in [2.24, 2.45) is 46.4 Å². The van der Waals surface area contributed by atoms with Gasteiger partial charge >= 0.3 is 17.9 Å². The molecule has 824 valence electrons. The minimum absolute atomic E-state index is 0.0104. The first-order chi connectivity index (χ1) is 68.7. The van der Waals surface area contributed by atoms with Crippen molar-refractivity contribution in [2.45, 2.75) is 280 Å². The van der Waals surface area contributed by atoms with Gasteiger partial charge in [0.1, 0.15) is 109 Å². The van der Waals surface area contributed by atoms with E-state index in [0.717, 1.165) is 13.8 Å². The lowest BCUT2D eigenvalue weighted by molar-refractivity contribution is -0.144. The van der Waals surface area contributed by atoms with Gasteiger partial charge in [-0.1, -0.05) is 71.9 Å². The van der Waals surface area contributed by atoms with Crippen LogP contribution in [0.25, 0.3) is 0 Å². The van der Waals surface area contributed by atoms with E-state index >= 15 is 0 Å². The highest BCUT2D eigenvalue weighted by Crippen LogP contribution is 2.16. The molecular formula is C88H150N26O31S. The predicted octanol–water partition coefficient (Wildman–Crippen LogP) is -13.8. The number of nitrogens with two attached hydrogens (primary N) is 5. The Morgan fingerprint density at radius 1 is 0.329 bits per heavy atom. The monoisotopic (exact) mass is 2100 g/mol. The maximum atomic E-state index is 14.5. The zero-order chi connectivity index (χ0) is 111. The molecule has 40 N–H and O–H groups in total. The van der Waals surface area contributed by atoms with Crippen molar-refractivity contribution in [1.82, 2.24) is 106 Å². The fourth-order valence-corrected chi connectivity index (χ4v) is 14.1. The highest BCUT2D eigenvalue weighted by atomic mass is 32.2. The first-order valence-corrected chi connectivity index (χ1v) is 48.7. The first-order valence-electron chi connectivity index (χ1n) is 47.3. The summed E-state index contributed by atoms with van der Waals surface area (Å²) in [4.78, 5) is 299. The molecule has 1 rings (SSSR count). The van der Waals surface area contributed by atoms with Crippen LogP contribution in [0.2, 0.25) is 0 Å². The van der Waals surface area contributed by atoms with Gasteiger partial charge in [-0.2, -0.15) is 11.8 Å². The lowest BCUT2D eigenvalue weighted by Crippen LogP contribution is -2.63. The largest absolute Gasteiger partial charge is 0.481 e. The van der Waals surface area contributed by atoms with Gasteiger partial charge in [0.05, 0.1) is 64.6 Å². The number of aliphatic hydroxyl groups excluding tert-OH is 6. The van der Waals surface area contributed by atoms with Crippen molar-refractivity contribution >= 4 is 148 Å². The number of nitrogens with one attached hydrogen (secondary N) is 21. The van der Waals surface area contributed by atoms with E-state index in [-0.39, 0.29) is 103 Å². The quantitative estimate of drug-likeness (QED) is 0.0164. The van der Waals surface area contributed by atoms with Crippen LogP contribution in [0.3, 0.4) is 0 Å². The third-order valence-corrected chi connectivity index (χ3v) is 22.6. The summed E-state index contributed by atoms with van der Waals surface area (Å²) >= 11 is 1.24. The van der Waals surface area contributed by atoms with Crippen molar-refractivity contribution in [2.75, 3.05) is 77.7 Å². The van der Waals surface area contributed by atoms with E-state index in [9.17, 15) is 151 Å². The molecule has 0 heterocycles. The Labute approximate surface area is 847 Å². The Bertz CT molecular complexity index is 4490. The van der Waals surface area contributed by atoms with E-state index in [1.54, 1.807) is 36.6 Å². The number of hydrogen-bond donors (Lipinski definition) is 35. The second-order valence-electron chi connectivity index (χ2n) is 35.3. The Balaban J connectivity index is 3.55. The zero-order valence-electron chi connectivity index (χ0n) is 83.4. The molecule has 58 heteroatoms. The molecule has 0 aliphatic heterocycles. The van der Waals surface area contributed by atoms with E-state index in [2.05, 4.69) is 106 Å². The van der Waals surface area contributed by atoms with Gasteiger partial charge in [0.15, 0.2) is 5.96 Å². The highest BCUT2D eigenvalue weighted by Gasteiger charge is 2.42. The Morgan fingerprint density at radius 3 is 0.973 bits per heavy atom. The van der Waals surface area contributed by atoms with Crippen molar-refractivity contribution < 1.29 is 151 Å². The molecule has 0 saturated heterocycles. The predicted molar refractivity (Wildman–Crippen MR) is 522 cm³/mol. The van der Waals surface area contributed by atoms with E-state index < -0.39 is 334 Å². The van der Waals surface area contributed by atoms with Crippen LogP contribution in [0, 0.1) is 23.2 Å². The lowest BCUT2D eigenvalue weighted by Gasteiger charge is -2.30. The van der Waals surface area contributed by atoms with E-state index in [1.165, 1.54) is 60.2 Å². The van der Waals surface area contributed by atoms with Crippen LogP contribution < -0.4 is 135 Å². The molecule has 1 aromatic carbocycles. The maximum Gasteiger partial charge on any atom is 0.326 e. The topological polar surface area (TPSA) is 952 Å². The number of aliphatic hydroxyl groups is 6. The summed E-state index contributed by atoms with van der Waals surface area (Å²) in [5, 5.41) is 145. The second kappa shape index (κ2) is 69.7. The molecule has 146 heavy (non-hydrogen) atoms. The molecule has 0 fully saturated rings. The second-order valence-corrected chi connectivity index (χ2v) is 36.3. The molecule has 0 unspecified atom stereocenters. The molecule has 0 spiro atoms. The molecule has 57 nitrogen and oxygen atoms in total. The number of rotatable bonds is 73. The van der Waals surface area contributed by atoms with Gasteiger partial charge < -0.3 is 181 Å². The number of carbonyl (C=O) groups is 22. The summed E-state index contributed by atoms with van der Waals surface area (Å²) < 4.78 is 0.